The van der Waals surface area contributed by atoms with Crippen LogP contribution < -0.4 is 10.1 Å². The lowest BCUT2D eigenvalue weighted by Crippen LogP contribution is -2.20. The molecular weight excluding hydrogens is 254 g/mol. The summed E-state index contributed by atoms with van der Waals surface area (Å²) in [5, 5.41) is 7.09. The number of nitrogens with one attached hydrogen (secondary N) is 1. The molecule has 5 heteroatoms. The summed E-state index contributed by atoms with van der Waals surface area (Å²) >= 11 is 0. The first-order chi connectivity index (χ1) is 9.47. The Morgan fingerprint density at radius 2 is 1.90 bits per heavy atom. The molecule has 1 N–H and O–H groups in total. The number of benzene rings is 1. The second-order valence-electron chi connectivity index (χ2n) is 4.82. The Hall–Kier alpha value is -2.30. The van der Waals surface area contributed by atoms with Gasteiger partial charge >= 0.3 is 0 Å². The van der Waals surface area contributed by atoms with E-state index in [1.54, 1.807) is 4.68 Å². The summed E-state index contributed by atoms with van der Waals surface area (Å²) < 4.78 is 7.18. The van der Waals surface area contributed by atoms with Crippen LogP contribution in [-0.2, 0) is 11.8 Å². The number of aryl methyl sites for hydroxylation is 3. The van der Waals surface area contributed by atoms with Crippen molar-refractivity contribution in [3.8, 4) is 5.75 Å². The molecule has 2 aromatic rings. The van der Waals surface area contributed by atoms with Crippen LogP contribution in [0.15, 0.2) is 24.3 Å². The molecule has 0 saturated carbocycles. The zero-order chi connectivity index (χ0) is 14.7. The number of amides is 1. The summed E-state index contributed by atoms with van der Waals surface area (Å²) in [5.41, 5.74) is 3.63. The maximum Gasteiger partial charge on any atom is 0.262 e. The predicted molar refractivity (Wildman–Crippen MR) is 78.0 cm³/mol. The van der Waals surface area contributed by atoms with Crippen LogP contribution in [0.25, 0.3) is 0 Å². The maximum absolute atomic E-state index is 11.9. The third-order valence-electron chi connectivity index (χ3n) is 3.16. The van der Waals surface area contributed by atoms with Crippen LogP contribution in [0.3, 0.4) is 0 Å². The lowest BCUT2D eigenvalue weighted by atomic mass is 10.2. The van der Waals surface area contributed by atoms with Crippen LogP contribution in [0, 0.1) is 20.8 Å². The minimum absolute atomic E-state index is 0.0170. The molecule has 0 unspecified atom stereocenters. The number of hydrogen-bond acceptors (Lipinski definition) is 3. The van der Waals surface area contributed by atoms with E-state index in [1.165, 1.54) is 0 Å². The van der Waals surface area contributed by atoms with E-state index in [1.807, 2.05) is 52.1 Å². The lowest BCUT2D eigenvalue weighted by Gasteiger charge is -2.08. The smallest absolute Gasteiger partial charge is 0.262 e. The third-order valence-corrected chi connectivity index (χ3v) is 3.16. The van der Waals surface area contributed by atoms with E-state index in [0.29, 0.717) is 5.75 Å². The van der Waals surface area contributed by atoms with Crippen molar-refractivity contribution in [1.82, 2.24) is 9.78 Å². The number of nitrogens with zero attached hydrogens (tertiary/aromatic N) is 2. The summed E-state index contributed by atoms with van der Waals surface area (Å²) in [5.74, 6) is 0.496. The minimum Gasteiger partial charge on any atom is -0.484 e. The summed E-state index contributed by atoms with van der Waals surface area (Å²) in [6, 6.07) is 7.59. The lowest BCUT2D eigenvalue weighted by molar-refractivity contribution is -0.118. The fourth-order valence-electron chi connectivity index (χ4n) is 1.91. The highest BCUT2D eigenvalue weighted by atomic mass is 16.5. The van der Waals surface area contributed by atoms with E-state index in [-0.39, 0.29) is 12.5 Å². The molecule has 1 aromatic heterocycles. The minimum atomic E-state index is -0.190. The molecule has 20 heavy (non-hydrogen) atoms. The van der Waals surface area contributed by atoms with Gasteiger partial charge in [-0.05, 0) is 32.9 Å². The standard InChI is InChI=1S/C15H19N3O2/c1-10-5-7-13(8-6-10)20-9-14(19)16-15-11(2)17-18(4)12(15)3/h5-8H,9H2,1-4H3,(H,16,19). The van der Waals surface area contributed by atoms with E-state index < -0.39 is 0 Å². The normalized spacial score (nSPS) is 10.4. The quantitative estimate of drug-likeness (QED) is 0.930. The highest BCUT2D eigenvalue weighted by molar-refractivity contribution is 5.93. The van der Waals surface area contributed by atoms with Crippen molar-refractivity contribution >= 4 is 11.6 Å². The van der Waals surface area contributed by atoms with E-state index in [2.05, 4.69) is 10.4 Å². The molecule has 0 aliphatic heterocycles. The number of hydrogen-bond donors (Lipinski definition) is 1. The molecule has 0 radical (unpaired) electrons. The van der Waals surface area contributed by atoms with Gasteiger partial charge in [0.2, 0.25) is 0 Å². The molecule has 0 aliphatic carbocycles. The van der Waals surface area contributed by atoms with Crippen LogP contribution in [0.2, 0.25) is 0 Å². The highest BCUT2D eigenvalue weighted by Crippen LogP contribution is 2.18. The van der Waals surface area contributed by atoms with Crippen molar-refractivity contribution in [3.63, 3.8) is 0 Å². The van der Waals surface area contributed by atoms with Crippen LogP contribution in [0.5, 0.6) is 5.75 Å². The van der Waals surface area contributed by atoms with Gasteiger partial charge in [0.05, 0.1) is 17.1 Å². The van der Waals surface area contributed by atoms with Crippen molar-refractivity contribution in [2.75, 3.05) is 11.9 Å². The summed E-state index contributed by atoms with van der Waals surface area (Å²) in [7, 11) is 1.85. The molecule has 5 nitrogen and oxygen atoms in total. The Labute approximate surface area is 118 Å². The summed E-state index contributed by atoms with van der Waals surface area (Å²) in [6.45, 7) is 5.77. The first-order valence-electron chi connectivity index (χ1n) is 6.47. The van der Waals surface area contributed by atoms with Gasteiger partial charge in [-0.1, -0.05) is 17.7 Å². The van der Waals surface area contributed by atoms with Crippen molar-refractivity contribution in [1.29, 1.82) is 0 Å². The van der Waals surface area contributed by atoms with Gasteiger partial charge in [-0.2, -0.15) is 5.10 Å². The molecule has 0 fully saturated rings. The second kappa shape index (κ2) is 5.77. The first kappa shape index (κ1) is 14.1. The zero-order valence-corrected chi connectivity index (χ0v) is 12.2. The zero-order valence-electron chi connectivity index (χ0n) is 12.2. The fraction of sp³-hybridized carbons (Fsp3) is 0.333. The van der Waals surface area contributed by atoms with E-state index in [4.69, 9.17) is 4.74 Å². The van der Waals surface area contributed by atoms with Crippen molar-refractivity contribution in [3.05, 3.63) is 41.2 Å². The molecule has 2 rings (SSSR count). The number of rotatable bonds is 4. The van der Waals surface area contributed by atoms with Gasteiger partial charge in [-0.3, -0.25) is 9.48 Å². The van der Waals surface area contributed by atoms with Gasteiger partial charge in [-0.25, -0.2) is 0 Å². The maximum atomic E-state index is 11.9. The molecule has 0 bridgehead atoms. The van der Waals surface area contributed by atoms with Crippen LogP contribution >= 0.6 is 0 Å². The Balaban J connectivity index is 1.94. The molecule has 0 spiro atoms. The molecular formula is C15H19N3O2. The van der Waals surface area contributed by atoms with Gasteiger partial charge < -0.3 is 10.1 Å². The number of carbonyl (C=O) groups excluding carboxylic acids is 1. The Kier molecular flexibility index (Phi) is 4.08. The molecule has 1 aromatic carbocycles. The van der Waals surface area contributed by atoms with Gasteiger partial charge in [-0.15, -0.1) is 0 Å². The van der Waals surface area contributed by atoms with Crippen LogP contribution in [0.1, 0.15) is 17.0 Å². The van der Waals surface area contributed by atoms with Gasteiger partial charge in [0.15, 0.2) is 6.61 Å². The molecule has 0 saturated heterocycles. The Morgan fingerprint density at radius 3 is 2.45 bits per heavy atom. The molecule has 0 atom stereocenters. The van der Waals surface area contributed by atoms with Crippen LogP contribution in [0.4, 0.5) is 5.69 Å². The monoisotopic (exact) mass is 273 g/mol. The molecule has 1 amide bonds. The van der Waals surface area contributed by atoms with Gasteiger partial charge in [0.1, 0.15) is 5.75 Å². The summed E-state index contributed by atoms with van der Waals surface area (Å²) in [6.07, 6.45) is 0. The molecule has 1 heterocycles. The van der Waals surface area contributed by atoms with Crippen molar-refractivity contribution in [2.45, 2.75) is 20.8 Å². The fourth-order valence-corrected chi connectivity index (χ4v) is 1.91. The predicted octanol–water partition coefficient (Wildman–Crippen LogP) is 2.36. The molecule has 0 aliphatic rings. The van der Waals surface area contributed by atoms with Crippen molar-refractivity contribution < 1.29 is 9.53 Å². The van der Waals surface area contributed by atoms with Gasteiger partial charge in [0.25, 0.3) is 5.91 Å². The largest absolute Gasteiger partial charge is 0.484 e. The molecule has 106 valence electrons. The third kappa shape index (κ3) is 3.17. The van der Waals surface area contributed by atoms with Crippen LogP contribution in [-0.4, -0.2) is 22.3 Å². The Bertz CT molecular complexity index is 615. The van der Waals surface area contributed by atoms with Gasteiger partial charge in [0, 0.05) is 7.05 Å². The second-order valence-corrected chi connectivity index (χ2v) is 4.82. The SMILES string of the molecule is Cc1ccc(OCC(=O)Nc2c(C)nn(C)c2C)cc1. The summed E-state index contributed by atoms with van der Waals surface area (Å²) in [4.78, 5) is 11.9. The number of carbonyl (C=O) groups is 1. The topological polar surface area (TPSA) is 56.1 Å². The van der Waals surface area contributed by atoms with E-state index in [0.717, 1.165) is 22.6 Å². The first-order valence-corrected chi connectivity index (χ1v) is 6.47. The number of anilines is 1. The Morgan fingerprint density at radius 1 is 1.25 bits per heavy atom. The van der Waals surface area contributed by atoms with Crippen molar-refractivity contribution in [2.24, 2.45) is 7.05 Å². The average molecular weight is 273 g/mol. The number of ether oxygens (including phenoxy) is 1. The average Bonchev–Trinajstić information content (AvgIpc) is 2.65. The van der Waals surface area contributed by atoms with E-state index in [9.17, 15) is 4.79 Å². The van der Waals surface area contributed by atoms with E-state index >= 15 is 0 Å². The number of aromatic nitrogens is 2. The highest BCUT2D eigenvalue weighted by Gasteiger charge is 2.12.